The molecule has 2 saturated heterocycles. The summed E-state index contributed by atoms with van der Waals surface area (Å²) in [6, 6.07) is 0. The van der Waals surface area contributed by atoms with E-state index in [-0.39, 0.29) is 0 Å². The molecular weight excluding hydrogens is 250 g/mol. The predicted octanol–water partition coefficient (Wildman–Crippen LogP) is 2.40. The minimum atomic E-state index is 0.448. The van der Waals surface area contributed by atoms with Crippen LogP contribution in [0.25, 0.3) is 5.78 Å². The van der Waals surface area contributed by atoms with Gasteiger partial charge in [-0.25, -0.2) is 4.98 Å². The van der Waals surface area contributed by atoms with E-state index in [4.69, 9.17) is 0 Å². The van der Waals surface area contributed by atoms with E-state index in [1.807, 2.05) is 4.52 Å². The fourth-order valence-electron chi connectivity index (χ4n) is 3.97. The zero-order valence-corrected chi connectivity index (χ0v) is 12.4. The fourth-order valence-corrected chi connectivity index (χ4v) is 3.97. The van der Waals surface area contributed by atoms with Gasteiger partial charge in [0.1, 0.15) is 12.1 Å². The Morgan fingerprint density at radius 2 is 1.90 bits per heavy atom. The first kappa shape index (κ1) is 12.1. The van der Waals surface area contributed by atoms with Crippen LogP contribution >= 0.6 is 0 Å². The average Bonchev–Trinajstić information content (AvgIpc) is 2.83. The van der Waals surface area contributed by atoms with Gasteiger partial charge in [-0.3, -0.25) is 0 Å². The first-order valence-electron chi connectivity index (χ1n) is 7.58. The van der Waals surface area contributed by atoms with Gasteiger partial charge in [0.2, 0.25) is 0 Å². The Bertz CT molecular complexity index is 644. The molecule has 5 rings (SSSR count). The van der Waals surface area contributed by atoms with Crippen molar-refractivity contribution in [2.75, 3.05) is 18.0 Å². The molecule has 20 heavy (non-hydrogen) atoms. The molecular formula is C15H21N5. The van der Waals surface area contributed by atoms with Crippen LogP contribution in [-0.2, 0) is 0 Å². The third-order valence-corrected chi connectivity index (χ3v) is 4.80. The molecule has 1 saturated carbocycles. The lowest BCUT2D eigenvalue weighted by atomic mass is 9.71. The van der Waals surface area contributed by atoms with E-state index < -0.39 is 0 Å². The van der Waals surface area contributed by atoms with Gasteiger partial charge in [-0.1, -0.05) is 13.8 Å². The van der Waals surface area contributed by atoms with Gasteiger partial charge < -0.3 is 4.90 Å². The fraction of sp³-hybridized carbons (Fsp3) is 0.667. The molecule has 2 aromatic heterocycles. The lowest BCUT2D eigenvalue weighted by molar-refractivity contribution is 0.157. The van der Waals surface area contributed by atoms with E-state index in [0.717, 1.165) is 36.4 Å². The zero-order valence-electron chi connectivity index (χ0n) is 12.4. The maximum absolute atomic E-state index is 4.61. The maximum atomic E-state index is 4.61. The molecule has 106 valence electrons. The molecule has 0 radical (unpaired) electrons. The molecule has 0 unspecified atom stereocenters. The van der Waals surface area contributed by atoms with Gasteiger partial charge in [-0.2, -0.15) is 14.6 Å². The lowest BCUT2D eigenvalue weighted by Gasteiger charge is -2.48. The van der Waals surface area contributed by atoms with Gasteiger partial charge in [0.05, 0.1) is 0 Å². The molecule has 5 nitrogen and oxygen atoms in total. The number of hydrogen-bond donors (Lipinski definition) is 0. The number of nitrogens with zero attached hydrogens (tertiary/aromatic N) is 5. The van der Waals surface area contributed by atoms with Crippen LogP contribution in [0.15, 0.2) is 6.33 Å². The summed E-state index contributed by atoms with van der Waals surface area (Å²) in [6.45, 7) is 8.89. The van der Waals surface area contributed by atoms with Crippen LogP contribution in [0.4, 0.5) is 5.82 Å². The van der Waals surface area contributed by atoms with Crippen LogP contribution in [0, 0.1) is 18.8 Å². The van der Waals surface area contributed by atoms with Crippen LogP contribution < -0.4 is 4.90 Å². The second kappa shape index (κ2) is 4.17. The molecule has 0 spiro atoms. The minimum Gasteiger partial charge on any atom is -0.356 e. The molecule has 3 aliphatic rings. The van der Waals surface area contributed by atoms with Gasteiger partial charge in [-0.05, 0) is 37.5 Å². The molecule has 5 heteroatoms. The minimum absolute atomic E-state index is 0.448. The summed E-state index contributed by atoms with van der Waals surface area (Å²) in [7, 11) is 0. The van der Waals surface area contributed by atoms with Crippen molar-refractivity contribution in [3.8, 4) is 0 Å². The molecule has 3 fully saturated rings. The monoisotopic (exact) mass is 271 g/mol. The molecule has 0 amide bonds. The maximum Gasteiger partial charge on any atom is 0.254 e. The van der Waals surface area contributed by atoms with E-state index in [9.17, 15) is 0 Å². The third-order valence-electron chi connectivity index (χ3n) is 4.80. The van der Waals surface area contributed by atoms with Gasteiger partial charge in [0.25, 0.3) is 5.78 Å². The second-order valence-electron chi connectivity index (χ2n) is 6.67. The quantitative estimate of drug-likeness (QED) is 0.841. The van der Waals surface area contributed by atoms with Crippen molar-refractivity contribution in [2.24, 2.45) is 11.8 Å². The standard InChI is InChI=1S/C15H21N5/c1-9(2)13-10(3)18-15-16-8-17-20(15)14(13)19-6-11-4-12(5-11)7-19/h8-9,11-12H,4-7H2,1-3H3. The summed E-state index contributed by atoms with van der Waals surface area (Å²) in [4.78, 5) is 11.4. The van der Waals surface area contributed by atoms with Crippen molar-refractivity contribution in [3.63, 3.8) is 0 Å². The van der Waals surface area contributed by atoms with Gasteiger partial charge in [0, 0.05) is 24.3 Å². The topological polar surface area (TPSA) is 46.3 Å². The molecule has 0 aromatic carbocycles. The Labute approximate surface area is 119 Å². The highest BCUT2D eigenvalue weighted by molar-refractivity contribution is 5.56. The van der Waals surface area contributed by atoms with Crippen molar-refractivity contribution in [1.29, 1.82) is 0 Å². The summed E-state index contributed by atoms with van der Waals surface area (Å²) in [5.41, 5.74) is 2.42. The van der Waals surface area contributed by atoms with Crippen LogP contribution in [0.5, 0.6) is 0 Å². The predicted molar refractivity (Wildman–Crippen MR) is 78.0 cm³/mol. The summed E-state index contributed by atoms with van der Waals surface area (Å²) < 4.78 is 1.94. The number of rotatable bonds is 2. The lowest BCUT2D eigenvalue weighted by Crippen LogP contribution is -2.49. The molecule has 2 aliphatic heterocycles. The first-order chi connectivity index (χ1) is 9.63. The smallest absolute Gasteiger partial charge is 0.254 e. The Morgan fingerprint density at radius 1 is 1.20 bits per heavy atom. The number of aromatic nitrogens is 4. The largest absolute Gasteiger partial charge is 0.356 e. The van der Waals surface area contributed by atoms with Crippen molar-refractivity contribution in [3.05, 3.63) is 17.6 Å². The summed E-state index contributed by atoms with van der Waals surface area (Å²) in [6.07, 6.45) is 4.44. The number of aryl methyl sites for hydroxylation is 1. The van der Waals surface area contributed by atoms with E-state index in [2.05, 4.69) is 40.7 Å². The molecule has 2 aromatic rings. The van der Waals surface area contributed by atoms with Crippen LogP contribution in [-0.4, -0.2) is 32.7 Å². The van der Waals surface area contributed by atoms with E-state index in [0.29, 0.717) is 5.92 Å². The average molecular weight is 271 g/mol. The van der Waals surface area contributed by atoms with Gasteiger partial charge >= 0.3 is 0 Å². The Morgan fingerprint density at radius 3 is 2.55 bits per heavy atom. The molecule has 0 N–H and O–H groups in total. The molecule has 4 heterocycles. The number of hydrogen-bond acceptors (Lipinski definition) is 4. The van der Waals surface area contributed by atoms with E-state index in [1.54, 1.807) is 6.33 Å². The zero-order chi connectivity index (χ0) is 13.9. The number of piperidine rings is 2. The summed E-state index contributed by atoms with van der Waals surface area (Å²) >= 11 is 0. The Hall–Kier alpha value is -1.65. The van der Waals surface area contributed by atoms with Gasteiger partial charge in [0.15, 0.2) is 0 Å². The van der Waals surface area contributed by atoms with Crippen LogP contribution in [0.1, 0.15) is 43.9 Å². The number of fused-ring (bicyclic) bond motifs is 3. The molecule has 1 aliphatic carbocycles. The molecule has 0 atom stereocenters. The number of anilines is 1. The Kier molecular flexibility index (Phi) is 2.53. The van der Waals surface area contributed by atoms with Crippen molar-refractivity contribution >= 4 is 11.6 Å². The van der Waals surface area contributed by atoms with Crippen LogP contribution in [0.2, 0.25) is 0 Å². The van der Waals surface area contributed by atoms with Crippen LogP contribution in [0.3, 0.4) is 0 Å². The SMILES string of the molecule is Cc1nc2ncnn2c(N2CC3CC(C3)C2)c1C(C)C. The first-order valence-corrected chi connectivity index (χ1v) is 7.58. The highest BCUT2D eigenvalue weighted by Crippen LogP contribution is 2.42. The van der Waals surface area contributed by atoms with Crippen molar-refractivity contribution in [2.45, 2.75) is 39.5 Å². The normalized spacial score (nSPS) is 25.3. The highest BCUT2D eigenvalue weighted by Gasteiger charge is 2.39. The van der Waals surface area contributed by atoms with Gasteiger partial charge in [-0.15, -0.1) is 0 Å². The third kappa shape index (κ3) is 1.65. The van der Waals surface area contributed by atoms with Crippen molar-refractivity contribution in [1.82, 2.24) is 19.6 Å². The highest BCUT2D eigenvalue weighted by atomic mass is 15.4. The molecule has 2 bridgehead atoms. The Balaban J connectivity index is 1.90. The second-order valence-corrected chi connectivity index (χ2v) is 6.67. The van der Waals surface area contributed by atoms with Crippen molar-refractivity contribution < 1.29 is 0 Å². The van der Waals surface area contributed by atoms with E-state index >= 15 is 0 Å². The summed E-state index contributed by atoms with van der Waals surface area (Å²) in [5.74, 6) is 4.15. The summed E-state index contributed by atoms with van der Waals surface area (Å²) in [5, 5.41) is 4.42. The van der Waals surface area contributed by atoms with E-state index in [1.165, 1.54) is 24.2 Å².